The summed E-state index contributed by atoms with van der Waals surface area (Å²) < 4.78 is 0. The van der Waals surface area contributed by atoms with Crippen molar-refractivity contribution in [1.29, 1.82) is 0 Å². The lowest BCUT2D eigenvalue weighted by Gasteiger charge is -2.28. The minimum Gasteiger partial charge on any atom is -0.508 e. The van der Waals surface area contributed by atoms with E-state index in [4.69, 9.17) is 0 Å². The van der Waals surface area contributed by atoms with Crippen LogP contribution in [0.25, 0.3) is 0 Å². The summed E-state index contributed by atoms with van der Waals surface area (Å²) >= 11 is 0. The second-order valence-electron chi connectivity index (χ2n) is 10.8. The maximum atomic E-state index is 11.1. The van der Waals surface area contributed by atoms with Crippen molar-refractivity contribution in [2.24, 2.45) is 0 Å². The Morgan fingerprint density at radius 1 is 0.488 bits per heavy atom. The van der Waals surface area contributed by atoms with Crippen LogP contribution in [0.15, 0.2) is 158 Å². The van der Waals surface area contributed by atoms with Crippen molar-refractivity contribution in [2.45, 2.75) is 25.8 Å². The van der Waals surface area contributed by atoms with E-state index < -0.39 is 7.26 Å². The first-order chi connectivity index (χ1) is 21.2. The van der Waals surface area contributed by atoms with Crippen molar-refractivity contribution in [1.82, 2.24) is 14.9 Å². The molecule has 0 aliphatic carbocycles. The fourth-order valence-corrected chi connectivity index (χ4v) is 10.1. The molecule has 0 aliphatic rings. The number of rotatable bonds is 11. The van der Waals surface area contributed by atoms with Crippen molar-refractivity contribution >= 4 is 23.2 Å². The van der Waals surface area contributed by atoms with Crippen LogP contribution in [0, 0.1) is 0 Å². The van der Waals surface area contributed by atoms with E-state index in [1.54, 1.807) is 0 Å². The molecule has 1 N–H and O–H groups in total. The molecule has 0 unspecified atom stereocenters. The van der Waals surface area contributed by atoms with Gasteiger partial charge in [0.1, 0.15) is 28.9 Å². The number of nitrogens with zero attached hydrogens (tertiary/aromatic N) is 3. The topological polar surface area (TPSA) is 49.2 Å². The van der Waals surface area contributed by atoms with Crippen LogP contribution in [0.1, 0.15) is 22.5 Å². The standard InChI is InChI=1S/C38H34N3OP/c42-35-25-31(27-41(28-33-14-10-12-22-39-33)29-34-15-11-13-23-40-34)24-32(26-35)30-43(36-16-4-1-5-17-36,37-18-6-2-7-19-37)38-20-8-3-9-21-38/h1-26H,27-30H2/p+1. The molecule has 0 fully saturated rings. The SMILES string of the molecule is Oc1cc(CN(Cc2ccccn2)Cc2ccccn2)cc(C[P+](c2ccccc2)(c2ccccc2)c2ccccc2)c1. The molecule has 0 aliphatic heterocycles. The number of benzene rings is 4. The summed E-state index contributed by atoms with van der Waals surface area (Å²) in [7, 11) is -2.10. The molecule has 6 rings (SSSR count). The van der Waals surface area contributed by atoms with Crippen LogP contribution in [0.2, 0.25) is 0 Å². The number of hydrogen-bond donors (Lipinski definition) is 1. The van der Waals surface area contributed by atoms with Crippen molar-refractivity contribution in [3.63, 3.8) is 0 Å². The zero-order chi connectivity index (χ0) is 29.3. The number of pyridine rings is 2. The number of aromatic nitrogens is 2. The highest BCUT2D eigenvalue weighted by Gasteiger charge is 2.45. The lowest BCUT2D eigenvalue weighted by atomic mass is 10.1. The summed E-state index contributed by atoms with van der Waals surface area (Å²) in [5.41, 5.74) is 4.19. The Kier molecular flexibility index (Phi) is 8.99. The molecule has 2 heterocycles. The maximum absolute atomic E-state index is 11.1. The van der Waals surface area contributed by atoms with Crippen molar-refractivity contribution < 1.29 is 5.11 Å². The van der Waals surface area contributed by atoms with E-state index in [1.165, 1.54) is 15.9 Å². The molecule has 6 aromatic rings. The molecule has 5 heteroatoms. The lowest BCUT2D eigenvalue weighted by Crippen LogP contribution is -2.32. The van der Waals surface area contributed by atoms with Crippen molar-refractivity contribution in [3.05, 3.63) is 181 Å². The molecule has 2 aromatic heterocycles. The minimum absolute atomic E-state index is 0.287. The zero-order valence-corrected chi connectivity index (χ0v) is 25.0. The first-order valence-electron chi connectivity index (χ1n) is 14.6. The van der Waals surface area contributed by atoms with Gasteiger partial charge in [-0.3, -0.25) is 14.9 Å². The second-order valence-corrected chi connectivity index (χ2v) is 14.3. The van der Waals surface area contributed by atoms with Crippen molar-refractivity contribution in [2.75, 3.05) is 0 Å². The fourth-order valence-electron chi connectivity index (χ4n) is 5.84. The van der Waals surface area contributed by atoms with E-state index in [0.29, 0.717) is 19.6 Å². The molecule has 0 spiro atoms. The molecular weight excluding hydrogens is 545 g/mol. The number of aromatic hydroxyl groups is 1. The van der Waals surface area contributed by atoms with Gasteiger partial charge in [0.15, 0.2) is 0 Å². The van der Waals surface area contributed by atoms with Crippen LogP contribution in [0.3, 0.4) is 0 Å². The molecule has 4 nitrogen and oxygen atoms in total. The highest BCUT2D eigenvalue weighted by molar-refractivity contribution is 7.95. The third-order valence-corrected chi connectivity index (χ3v) is 12.1. The van der Waals surface area contributed by atoms with E-state index in [2.05, 4.69) is 124 Å². The number of phenols is 1. The average molecular weight is 581 g/mol. The van der Waals surface area contributed by atoms with Gasteiger partial charge in [0.05, 0.1) is 17.5 Å². The fraction of sp³-hybridized carbons (Fsp3) is 0.105. The molecule has 0 saturated heterocycles. The van der Waals surface area contributed by atoms with Crippen LogP contribution in [-0.2, 0) is 25.8 Å². The Morgan fingerprint density at radius 2 is 0.930 bits per heavy atom. The predicted octanol–water partition coefficient (Wildman–Crippen LogP) is 6.88. The maximum Gasteiger partial charge on any atom is 0.116 e. The van der Waals surface area contributed by atoms with Gasteiger partial charge >= 0.3 is 0 Å². The minimum atomic E-state index is -2.10. The Bertz CT molecular complexity index is 1580. The molecule has 0 atom stereocenters. The van der Waals surface area contributed by atoms with Gasteiger partial charge in [-0.15, -0.1) is 0 Å². The molecule has 212 valence electrons. The highest BCUT2D eigenvalue weighted by atomic mass is 31.2. The molecule has 0 radical (unpaired) electrons. The van der Waals surface area contributed by atoms with Gasteiger partial charge in [0, 0.05) is 32.0 Å². The molecule has 0 saturated carbocycles. The Labute approximate surface area is 254 Å². The second kappa shape index (κ2) is 13.6. The van der Waals surface area contributed by atoms with E-state index in [9.17, 15) is 5.11 Å². The average Bonchev–Trinajstić information content (AvgIpc) is 3.05. The summed E-state index contributed by atoms with van der Waals surface area (Å²) in [6.45, 7) is 2.01. The lowest BCUT2D eigenvalue weighted by molar-refractivity contribution is 0.241. The van der Waals surface area contributed by atoms with Gasteiger partial charge in [-0.1, -0.05) is 72.8 Å². The largest absolute Gasteiger partial charge is 0.508 e. The van der Waals surface area contributed by atoms with Gasteiger partial charge < -0.3 is 5.11 Å². The van der Waals surface area contributed by atoms with Gasteiger partial charge in [0.2, 0.25) is 0 Å². The van der Waals surface area contributed by atoms with Crippen LogP contribution < -0.4 is 15.9 Å². The molecule has 0 bridgehead atoms. The van der Waals surface area contributed by atoms with Crippen LogP contribution in [-0.4, -0.2) is 20.0 Å². The summed E-state index contributed by atoms with van der Waals surface area (Å²) in [6, 6.07) is 50.8. The monoisotopic (exact) mass is 580 g/mol. The predicted molar refractivity (Wildman–Crippen MR) is 178 cm³/mol. The zero-order valence-electron chi connectivity index (χ0n) is 24.1. The van der Waals surface area contributed by atoms with Gasteiger partial charge in [-0.2, -0.15) is 0 Å². The van der Waals surface area contributed by atoms with Gasteiger partial charge in [0.25, 0.3) is 0 Å². The molecular formula is C38H35N3OP+. The third-order valence-electron chi connectivity index (χ3n) is 7.68. The van der Waals surface area contributed by atoms with E-state index >= 15 is 0 Å². The van der Waals surface area contributed by atoms with E-state index in [1.807, 2.05) is 48.8 Å². The van der Waals surface area contributed by atoms with Crippen LogP contribution >= 0.6 is 7.26 Å². The number of hydrogen-bond acceptors (Lipinski definition) is 4. The first kappa shape index (κ1) is 28.5. The quantitative estimate of drug-likeness (QED) is 0.170. The number of phenolic OH excluding ortho intramolecular Hbond substituents is 1. The molecule has 43 heavy (non-hydrogen) atoms. The van der Waals surface area contributed by atoms with Crippen LogP contribution in [0.5, 0.6) is 5.75 Å². The summed E-state index contributed by atoms with van der Waals surface area (Å²) in [4.78, 5) is 11.5. The van der Waals surface area contributed by atoms with E-state index in [-0.39, 0.29) is 5.75 Å². The van der Waals surface area contributed by atoms with E-state index in [0.717, 1.165) is 28.7 Å². The molecule has 4 aromatic carbocycles. The first-order valence-corrected chi connectivity index (χ1v) is 16.6. The van der Waals surface area contributed by atoms with Crippen LogP contribution in [0.4, 0.5) is 0 Å². The summed E-state index contributed by atoms with van der Waals surface area (Å²) in [5, 5.41) is 15.0. The third kappa shape index (κ3) is 6.89. The smallest absolute Gasteiger partial charge is 0.116 e. The highest BCUT2D eigenvalue weighted by Crippen LogP contribution is 2.58. The summed E-state index contributed by atoms with van der Waals surface area (Å²) in [6.07, 6.45) is 4.47. The normalized spacial score (nSPS) is 11.5. The summed E-state index contributed by atoms with van der Waals surface area (Å²) in [5.74, 6) is 0.287. The Balaban J connectivity index is 1.40. The Morgan fingerprint density at radius 3 is 1.37 bits per heavy atom. The van der Waals surface area contributed by atoms with Gasteiger partial charge in [-0.25, -0.2) is 0 Å². The van der Waals surface area contributed by atoms with Gasteiger partial charge in [-0.05, 0) is 83.9 Å². The molecule has 0 amide bonds. The van der Waals surface area contributed by atoms with Crippen molar-refractivity contribution in [3.8, 4) is 5.75 Å². The Hall–Kier alpha value is -4.63.